The average Bonchev–Trinajstić information content (AvgIpc) is 2.97. The Kier molecular flexibility index (Phi) is 2.44. The van der Waals surface area contributed by atoms with Gasteiger partial charge in [-0.05, 0) is 42.4 Å². The highest BCUT2D eigenvalue weighted by molar-refractivity contribution is 5.29. The van der Waals surface area contributed by atoms with E-state index in [2.05, 4.69) is 0 Å². The third-order valence-electron chi connectivity index (χ3n) is 6.46. The summed E-state index contributed by atoms with van der Waals surface area (Å²) in [5.41, 5.74) is -4.89. The molecule has 4 bridgehead atoms. The SMILES string of the molecule is FC(F)(F)C1(C(F)(F)F)C2CC(C3C4C=CC(C4)C32)C1(F)F. The van der Waals surface area contributed by atoms with E-state index in [1.54, 1.807) is 12.2 Å². The largest absolute Gasteiger partial charge is 0.409 e. The summed E-state index contributed by atoms with van der Waals surface area (Å²) in [5.74, 6) is -11.1. The first kappa shape index (κ1) is 14.8. The van der Waals surface area contributed by atoms with Crippen molar-refractivity contribution in [2.75, 3.05) is 0 Å². The van der Waals surface area contributed by atoms with Gasteiger partial charge in [-0.1, -0.05) is 12.2 Å². The molecule has 0 aromatic rings. The summed E-state index contributed by atoms with van der Waals surface area (Å²) in [6.45, 7) is 0. The minimum absolute atomic E-state index is 0.296. The van der Waals surface area contributed by atoms with Gasteiger partial charge in [-0.15, -0.1) is 0 Å². The third-order valence-corrected chi connectivity index (χ3v) is 6.46. The first-order chi connectivity index (χ1) is 9.94. The molecule has 4 aliphatic rings. The van der Waals surface area contributed by atoms with Crippen LogP contribution in [0, 0.1) is 40.9 Å². The Bertz CT molecular complexity index is 528. The summed E-state index contributed by atoms with van der Waals surface area (Å²) in [6, 6.07) is 0. The zero-order valence-electron chi connectivity index (χ0n) is 11.1. The number of alkyl halides is 8. The zero-order valence-corrected chi connectivity index (χ0v) is 11.1. The van der Waals surface area contributed by atoms with Crippen LogP contribution in [0.1, 0.15) is 12.8 Å². The van der Waals surface area contributed by atoms with E-state index in [1.165, 1.54) is 0 Å². The summed E-state index contributed by atoms with van der Waals surface area (Å²) in [6.07, 6.45) is -9.00. The van der Waals surface area contributed by atoms with Gasteiger partial charge in [-0.25, -0.2) is 8.78 Å². The van der Waals surface area contributed by atoms with E-state index in [9.17, 15) is 35.1 Å². The van der Waals surface area contributed by atoms with Crippen LogP contribution in [0.15, 0.2) is 12.2 Å². The van der Waals surface area contributed by atoms with E-state index in [-0.39, 0.29) is 5.92 Å². The molecule has 0 nitrogen and oxygen atoms in total. The number of hydrogen-bond acceptors (Lipinski definition) is 0. The summed E-state index contributed by atoms with van der Waals surface area (Å²) in [4.78, 5) is 0. The first-order valence-electron chi connectivity index (χ1n) is 7.14. The van der Waals surface area contributed by atoms with Crippen LogP contribution in [0.2, 0.25) is 0 Å². The summed E-state index contributed by atoms with van der Waals surface area (Å²) < 4.78 is 109. The molecule has 4 aliphatic carbocycles. The van der Waals surface area contributed by atoms with Crippen LogP contribution in [-0.4, -0.2) is 18.3 Å². The fraction of sp³-hybridized carbons (Fsp3) is 0.857. The monoisotopic (exact) mass is 332 g/mol. The summed E-state index contributed by atoms with van der Waals surface area (Å²) >= 11 is 0. The van der Waals surface area contributed by atoms with Crippen molar-refractivity contribution in [2.24, 2.45) is 40.9 Å². The minimum Gasteiger partial charge on any atom is -0.205 e. The van der Waals surface area contributed by atoms with Gasteiger partial charge in [0.15, 0.2) is 0 Å². The van der Waals surface area contributed by atoms with Gasteiger partial charge >= 0.3 is 12.4 Å². The maximum atomic E-state index is 14.4. The lowest BCUT2D eigenvalue weighted by atomic mass is 9.59. The quantitative estimate of drug-likeness (QED) is 0.339. The highest BCUT2D eigenvalue weighted by atomic mass is 19.4. The zero-order chi connectivity index (χ0) is 16.3. The van der Waals surface area contributed by atoms with Gasteiger partial charge in [0.2, 0.25) is 5.41 Å². The highest BCUT2D eigenvalue weighted by Gasteiger charge is 2.93. The number of fused-ring (bicyclic) bond motifs is 9. The Balaban J connectivity index is 1.92. The van der Waals surface area contributed by atoms with E-state index < -0.39 is 59.7 Å². The molecule has 3 fully saturated rings. The van der Waals surface area contributed by atoms with Crippen molar-refractivity contribution in [1.82, 2.24) is 0 Å². The molecule has 0 aliphatic heterocycles. The Hall–Kier alpha value is -0.820. The molecule has 0 N–H and O–H groups in total. The fourth-order valence-corrected chi connectivity index (χ4v) is 5.97. The predicted molar refractivity (Wildman–Crippen MR) is 58.8 cm³/mol. The first-order valence-corrected chi connectivity index (χ1v) is 7.14. The molecule has 22 heavy (non-hydrogen) atoms. The maximum absolute atomic E-state index is 14.4. The summed E-state index contributed by atoms with van der Waals surface area (Å²) in [7, 11) is 0. The lowest BCUT2D eigenvalue weighted by Crippen LogP contribution is -2.67. The molecule has 124 valence electrons. The number of hydrogen-bond donors (Lipinski definition) is 0. The van der Waals surface area contributed by atoms with Gasteiger partial charge in [0, 0.05) is 5.92 Å². The summed E-state index contributed by atoms with van der Waals surface area (Å²) in [5, 5.41) is 0. The lowest BCUT2D eigenvalue weighted by Gasteiger charge is -2.50. The predicted octanol–water partition coefficient (Wildman–Crippen LogP) is 4.82. The molecule has 0 amide bonds. The van der Waals surface area contributed by atoms with Gasteiger partial charge in [0.05, 0.1) is 0 Å². The van der Waals surface area contributed by atoms with Crippen LogP contribution >= 0.6 is 0 Å². The highest BCUT2D eigenvalue weighted by Crippen LogP contribution is 2.81. The van der Waals surface area contributed by atoms with E-state index in [0.717, 1.165) is 0 Å². The van der Waals surface area contributed by atoms with Crippen LogP contribution in [0.5, 0.6) is 0 Å². The number of rotatable bonds is 0. The Morgan fingerprint density at radius 2 is 1.18 bits per heavy atom. The van der Waals surface area contributed by atoms with Crippen molar-refractivity contribution < 1.29 is 35.1 Å². The van der Waals surface area contributed by atoms with Crippen molar-refractivity contribution in [3.05, 3.63) is 12.2 Å². The van der Waals surface area contributed by atoms with Crippen molar-refractivity contribution in [1.29, 1.82) is 0 Å². The van der Waals surface area contributed by atoms with Crippen molar-refractivity contribution >= 4 is 0 Å². The van der Waals surface area contributed by atoms with Gasteiger partial charge in [-0.3, -0.25) is 0 Å². The fourth-order valence-electron chi connectivity index (χ4n) is 5.97. The van der Waals surface area contributed by atoms with Gasteiger partial charge in [0.25, 0.3) is 5.92 Å². The molecule has 3 saturated carbocycles. The van der Waals surface area contributed by atoms with E-state index in [1.807, 2.05) is 0 Å². The van der Waals surface area contributed by atoms with Gasteiger partial charge < -0.3 is 0 Å². The van der Waals surface area contributed by atoms with Crippen LogP contribution < -0.4 is 0 Å². The molecule has 0 aromatic heterocycles. The van der Waals surface area contributed by atoms with E-state index in [0.29, 0.717) is 6.42 Å². The van der Waals surface area contributed by atoms with Gasteiger partial charge in [-0.2, -0.15) is 26.3 Å². The van der Waals surface area contributed by atoms with Crippen molar-refractivity contribution in [2.45, 2.75) is 31.1 Å². The molecule has 0 radical (unpaired) electrons. The average molecular weight is 332 g/mol. The molecule has 0 saturated heterocycles. The van der Waals surface area contributed by atoms with Crippen molar-refractivity contribution in [3.8, 4) is 0 Å². The molecule has 6 unspecified atom stereocenters. The molecule has 6 atom stereocenters. The second-order valence-electron chi connectivity index (χ2n) is 6.98. The molecular weight excluding hydrogens is 320 g/mol. The number of allylic oxidation sites excluding steroid dienone is 2. The normalized spacial score (nSPS) is 47.3. The maximum Gasteiger partial charge on any atom is 0.409 e. The van der Waals surface area contributed by atoms with E-state index in [4.69, 9.17) is 0 Å². The molecule has 8 heteroatoms. The van der Waals surface area contributed by atoms with Crippen LogP contribution in [0.25, 0.3) is 0 Å². The second-order valence-corrected chi connectivity index (χ2v) is 6.98. The molecule has 4 rings (SSSR count). The second kappa shape index (κ2) is 3.64. The molecule has 0 heterocycles. The Labute approximate surface area is 120 Å². The Morgan fingerprint density at radius 3 is 1.64 bits per heavy atom. The topological polar surface area (TPSA) is 0 Å². The van der Waals surface area contributed by atoms with Crippen LogP contribution in [-0.2, 0) is 0 Å². The number of halogens is 8. The van der Waals surface area contributed by atoms with E-state index >= 15 is 0 Å². The third kappa shape index (κ3) is 1.25. The molecular formula is C14H12F8. The minimum atomic E-state index is -6.01. The van der Waals surface area contributed by atoms with Crippen LogP contribution in [0.4, 0.5) is 35.1 Å². The smallest absolute Gasteiger partial charge is 0.205 e. The van der Waals surface area contributed by atoms with Gasteiger partial charge in [0.1, 0.15) is 0 Å². The van der Waals surface area contributed by atoms with Crippen LogP contribution in [0.3, 0.4) is 0 Å². The standard InChI is InChI=1S/C14H12F8/c15-12(16)8-4-7(9-5-1-2-6(3-5)10(8)9)11(12,13(17,18)19)14(20,21)22/h1-2,5-10H,3-4H2. The lowest BCUT2D eigenvalue weighted by molar-refractivity contribution is -0.421. The molecule has 0 aromatic carbocycles. The Morgan fingerprint density at radius 1 is 0.727 bits per heavy atom. The molecule has 0 spiro atoms. The van der Waals surface area contributed by atoms with Crippen molar-refractivity contribution in [3.63, 3.8) is 0 Å².